The van der Waals surface area contributed by atoms with Gasteiger partial charge in [-0.2, -0.15) is 0 Å². The van der Waals surface area contributed by atoms with Crippen molar-refractivity contribution in [2.24, 2.45) is 0 Å². The van der Waals surface area contributed by atoms with Crippen LogP contribution in [-0.4, -0.2) is 38.4 Å². The smallest absolute Gasteiger partial charge is 0.305 e. The van der Waals surface area contributed by atoms with Crippen LogP contribution in [0.5, 0.6) is 11.5 Å². The highest BCUT2D eigenvalue weighted by Gasteiger charge is 2.05. The standard InChI is InChI=1S/C29H38I2O6/c30-24-12-16-26(17-13-24)34-20-7-3-1-5-10-28(32)36-22-9-23-37-29(33)11-6-2-4-8-21-35-27-18-14-25(31)15-19-27/h12-19H,1-11,20-23H2. The van der Waals surface area contributed by atoms with Gasteiger partial charge in [-0.3, -0.25) is 9.59 Å². The monoisotopic (exact) mass is 736 g/mol. The highest BCUT2D eigenvalue weighted by atomic mass is 127. The maximum absolute atomic E-state index is 11.8. The molecule has 0 aliphatic heterocycles. The van der Waals surface area contributed by atoms with E-state index >= 15 is 0 Å². The Morgan fingerprint density at radius 1 is 0.486 bits per heavy atom. The lowest BCUT2D eigenvalue weighted by molar-refractivity contribution is -0.146. The molecule has 2 aromatic rings. The van der Waals surface area contributed by atoms with E-state index in [1.165, 1.54) is 7.14 Å². The van der Waals surface area contributed by atoms with Gasteiger partial charge in [0.1, 0.15) is 11.5 Å². The van der Waals surface area contributed by atoms with E-state index < -0.39 is 0 Å². The summed E-state index contributed by atoms with van der Waals surface area (Å²) in [6, 6.07) is 16.0. The molecule has 0 heterocycles. The minimum atomic E-state index is -0.188. The molecule has 0 spiro atoms. The third-order valence-electron chi connectivity index (χ3n) is 5.53. The van der Waals surface area contributed by atoms with E-state index in [-0.39, 0.29) is 25.2 Å². The summed E-state index contributed by atoms with van der Waals surface area (Å²) < 4.78 is 24.2. The average Bonchev–Trinajstić information content (AvgIpc) is 2.89. The zero-order valence-corrected chi connectivity index (χ0v) is 25.7. The third-order valence-corrected chi connectivity index (χ3v) is 6.97. The molecule has 0 bridgehead atoms. The average molecular weight is 736 g/mol. The Labute approximate surface area is 248 Å². The Balaban J connectivity index is 1.31. The number of ether oxygens (including phenoxy) is 4. The number of carbonyl (C=O) groups is 2. The van der Waals surface area contributed by atoms with E-state index in [9.17, 15) is 9.59 Å². The molecule has 0 radical (unpaired) electrons. The molecule has 0 amide bonds. The summed E-state index contributed by atoms with van der Waals surface area (Å²) in [4.78, 5) is 23.6. The van der Waals surface area contributed by atoms with Gasteiger partial charge in [0.2, 0.25) is 0 Å². The lowest BCUT2D eigenvalue weighted by Gasteiger charge is -2.08. The molecule has 0 atom stereocenters. The van der Waals surface area contributed by atoms with Crippen LogP contribution in [-0.2, 0) is 19.1 Å². The van der Waals surface area contributed by atoms with Crippen LogP contribution in [0, 0.1) is 7.14 Å². The Morgan fingerprint density at radius 3 is 1.27 bits per heavy atom. The van der Waals surface area contributed by atoms with Crippen LogP contribution in [0.1, 0.15) is 70.6 Å². The van der Waals surface area contributed by atoms with E-state index in [4.69, 9.17) is 18.9 Å². The first-order valence-electron chi connectivity index (χ1n) is 13.1. The highest BCUT2D eigenvalue weighted by molar-refractivity contribution is 14.1. The van der Waals surface area contributed by atoms with Crippen molar-refractivity contribution >= 4 is 57.1 Å². The molecular weight excluding hydrogens is 698 g/mol. The molecular formula is C29H38I2O6. The van der Waals surface area contributed by atoms with Crippen molar-refractivity contribution in [2.45, 2.75) is 70.6 Å². The number of esters is 2. The number of benzene rings is 2. The van der Waals surface area contributed by atoms with E-state index in [1.807, 2.05) is 48.5 Å². The van der Waals surface area contributed by atoms with Crippen LogP contribution in [0.25, 0.3) is 0 Å². The molecule has 0 saturated heterocycles. The molecule has 2 rings (SSSR count). The summed E-state index contributed by atoms with van der Waals surface area (Å²) in [5, 5.41) is 0. The molecule has 0 fully saturated rings. The second kappa shape index (κ2) is 20.4. The van der Waals surface area contributed by atoms with Gasteiger partial charge in [0.05, 0.1) is 26.4 Å². The lowest BCUT2D eigenvalue weighted by Crippen LogP contribution is -2.10. The highest BCUT2D eigenvalue weighted by Crippen LogP contribution is 2.15. The molecule has 2 aromatic carbocycles. The van der Waals surface area contributed by atoms with Crippen molar-refractivity contribution in [3.8, 4) is 11.5 Å². The van der Waals surface area contributed by atoms with Gasteiger partial charge in [-0.1, -0.05) is 25.7 Å². The summed E-state index contributed by atoms with van der Waals surface area (Å²) in [7, 11) is 0. The van der Waals surface area contributed by atoms with Gasteiger partial charge in [-0.05, 0) is 119 Å². The van der Waals surface area contributed by atoms with Gasteiger partial charge < -0.3 is 18.9 Å². The van der Waals surface area contributed by atoms with E-state index in [0.29, 0.717) is 32.5 Å². The van der Waals surface area contributed by atoms with Crippen LogP contribution >= 0.6 is 45.2 Å². The summed E-state index contributed by atoms with van der Waals surface area (Å²) in [6.07, 6.45) is 8.94. The van der Waals surface area contributed by atoms with Gasteiger partial charge in [0.25, 0.3) is 0 Å². The third kappa shape index (κ3) is 16.8. The fraction of sp³-hybridized carbons (Fsp3) is 0.517. The molecule has 8 heteroatoms. The summed E-state index contributed by atoms with van der Waals surface area (Å²) in [5.41, 5.74) is 0. The van der Waals surface area contributed by atoms with Gasteiger partial charge in [-0.25, -0.2) is 0 Å². The van der Waals surface area contributed by atoms with E-state index in [0.717, 1.165) is 62.9 Å². The van der Waals surface area contributed by atoms with Crippen molar-refractivity contribution in [1.82, 2.24) is 0 Å². The first-order chi connectivity index (χ1) is 18.0. The fourth-order valence-electron chi connectivity index (χ4n) is 3.47. The maximum Gasteiger partial charge on any atom is 0.305 e. The van der Waals surface area contributed by atoms with Gasteiger partial charge in [-0.15, -0.1) is 0 Å². The SMILES string of the molecule is O=C(CCCCCCOc1ccc(I)cc1)OCCCOC(=O)CCCCCCOc1ccc(I)cc1. The molecule has 6 nitrogen and oxygen atoms in total. The van der Waals surface area contributed by atoms with Crippen LogP contribution in [0.15, 0.2) is 48.5 Å². The Kier molecular flexibility index (Phi) is 17.5. The summed E-state index contributed by atoms with van der Waals surface area (Å²) >= 11 is 4.54. The van der Waals surface area contributed by atoms with Gasteiger partial charge >= 0.3 is 11.9 Å². The number of halogens is 2. The maximum atomic E-state index is 11.8. The van der Waals surface area contributed by atoms with E-state index in [2.05, 4.69) is 45.2 Å². The Morgan fingerprint density at radius 2 is 0.865 bits per heavy atom. The topological polar surface area (TPSA) is 71.1 Å². The van der Waals surface area contributed by atoms with Crippen molar-refractivity contribution < 1.29 is 28.5 Å². The summed E-state index contributed by atoms with van der Waals surface area (Å²) in [5.74, 6) is 1.41. The fourth-order valence-corrected chi connectivity index (χ4v) is 4.19. The van der Waals surface area contributed by atoms with Crippen molar-refractivity contribution in [3.63, 3.8) is 0 Å². The zero-order valence-electron chi connectivity index (χ0n) is 21.4. The minimum absolute atomic E-state index is 0.188. The lowest BCUT2D eigenvalue weighted by atomic mass is 10.1. The Hall–Kier alpha value is -1.56. The number of unbranched alkanes of at least 4 members (excludes halogenated alkanes) is 6. The van der Waals surface area contributed by atoms with Crippen LogP contribution < -0.4 is 9.47 Å². The van der Waals surface area contributed by atoms with Crippen LogP contribution in [0.3, 0.4) is 0 Å². The Bertz CT molecular complexity index is 813. The zero-order chi connectivity index (χ0) is 26.6. The number of carbonyl (C=O) groups excluding carboxylic acids is 2. The molecule has 37 heavy (non-hydrogen) atoms. The summed E-state index contributed by atoms with van der Waals surface area (Å²) in [6.45, 7) is 1.95. The minimum Gasteiger partial charge on any atom is -0.494 e. The van der Waals surface area contributed by atoms with Crippen LogP contribution in [0.2, 0.25) is 0 Å². The molecule has 204 valence electrons. The molecule has 0 N–H and O–H groups in total. The van der Waals surface area contributed by atoms with Gasteiger partial charge in [0.15, 0.2) is 0 Å². The normalized spacial score (nSPS) is 10.6. The second-order valence-electron chi connectivity index (χ2n) is 8.73. The van der Waals surface area contributed by atoms with Crippen molar-refractivity contribution in [1.29, 1.82) is 0 Å². The number of hydrogen-bond donors (Lipinski definition) is 0. The first kappa shape index (κ1) is 31.7. The van der Waals surface area contributed by atoms with Crippen molar-refractivity contribution in [2.75, 3.05) is 26.4 Å². The second-order valence-corrected chi connectivity index (χ2v) is 11.2. The van der Waals surface area contributed by atoms with Crippen LogP contribution in [0.4, 0.5) is 0 Å². The largest absolute Gasteiger partial charge is 0.494 e. The first-order valence-corrected chi connectivity index (χ1v) is 15.3. The van der Waals surface area contributed by atoms with Gasteiger partial charge in [0, 0.05) is 26.4 Å². The quantitative estimate of drug-likeness (QED) is 0.0788. The molecule has 0 aromatic heterocycles. The molecule has 0 saturated carbocycles. The molecule has 0 aliphatic carbocycles. The molecule has 0 aliphatic rings. The molecule has 0 unspecified atom stereocenters. The number of rotatable bonds is 20. The predicted octanol–water partition coefficient (Wildman–Crippen LogP) is 7.73. The van der Waals surface area contributed by atoms with E-state index in [1.54, 1.807) is 0 Å². The predicted molar refractivity (Wildman–Crippen MR) is 162 cm³/mol. The number of hydrogen-bond acceptors (Lipinski definition) is 6. The van der Waals surface area contributed by atoms with Crippen molar-refractivity contribution in [3.05, 3.63) is 55.7 Å².